The molecule has 0 rings (SSSR count). The molecule has 7 heavy (non-hydrogen) atoms. The van der Waals surface area contributed by atoms with E-state index >= 15 is 0 Å². The van der Waals surface area contributed by atoms with E-state index in [0.717, 1.165) is 0 Å². The van der Waals surface area contributed by atoms with Crippen LogP contribution < -0.4 is 0 Å². The highest BCUT2D eigenvalue weighted by molar-refractivity contribution is 6.50. The molecule has 0 unspecified atom stereocenters. The molecule has 0 aliphatic heterocycles. The minimum atomic E-state index is -0.500. The van der Waals surface area contributed by atoms with Crippen LogP contribution in [0.4, 0.5) is 0 Å². The summed E-state index contributed by atoms with van der Waals surface area (Å²) in [6.45, 7) is 0. The van der Waals surface area contributed by atoms with E-state index in [1.54, 1.807) is 0 Å². The molecule has 0 saturated carbocycles. The fourth-order valence-corrected chi connectivity index (χ4v) is 0. The average Bonchev–Trinajstić information content (AvgIpc) is 1.31. The molecule has 0 aromatic carbocycles. The molecule has 0 heterocycles. The summed E-state index contributed by atoms with van der Waals surface area (Å²) in [4.78, 5) is 0. The number of hydrogen-bond donors (Lipinski definition) is 1. The molecular formula is C2H10B4O. The quantitative estimate of drug-likeness (QED) is 0.327. The van der Waals surface area contributed by atoms with Gasteiger partial charge in [-0.05, 0) is 5.40 Å². The third-order valence-corrected chi connectivity index (χ3v) is 1.41. The first kappa shape index (κ1) is 7.22. The maximum atomic E-state index is 9.09. The van der Waals surface area contributed by atoms with Crippen LogP contribution in [0, 0.1) is 0 Å². The summed E-state index contributed by atoms with van der Waals surface area (Å²) in [5.41, 5.74) is 0.354. The molecule has 0 radical (unpaired) electrons. The van der Waals surface area contributed by atoms with Gasteiger partial charge in [0.25, 0.3) is 0 Å². The van der Waals surface area contributed by atoms with Crippen molar-refractivity contribution in [3.63, 3.8) is 0 Å². The van der Waals surface area contributed by atoms with Gasteiger partial charge in [0.2, 0.25) is 0 Å². The van der Waals surface area contributed by atoms with Crippen molar-refractivity contribution in [2.45, 2.75) is 11.1 Å². The maximum absolute atomic E-state index is 9.09. The smallest absolute Gasteiger partial charge is 0.130 e. The predicted molar refractivity (Wildman–Crippen MR) is 42.9 cm³/mol. The fourth-order valence-electron chi connectivity index (χ4n) is 0. The van der Waals surface area contributed by atoms with Crippen molar-refractivity contribution in [3.8, 4) is 0 Å². The predicted octanol–water partition coefficient (Wildman–Crippen LogP) is -4.09. The van der Waals surface area contributed by atoms with Gasteiger partial charge in [0.1, 0.15) is 15.7 Å². The van der Waals surface area contributed by atoms with Gasteiger partial charge >= 0.3 is 0 Å². The molecule has 0 fully saturated rings. The van der Waals surface area contributed by atoms with Crippen molar-refractivity contribution < 1.29 is 5.11 Å². The summed E-state index contributed by atoms with van der Waals surface area (Å²) in [6.07, 6.45) is 0. The van der Waals surface area contributed by atoms with Crippen LogP contribution in [0.2, 0.25) is 5.72 Å². The summed E-state index contributed by atoms with van der Waals surface area (Å²) >= 11 is 0. The Bertz CT molecular complexity index is 55.2. The zero-order valence-electron chi connectivity index (χ0n) is 5.52. The van der Waals surface area contributed by atoms with Crippen molar-refractivity contribution >= 4 is 31.4 Å². The van der Waals surface area contributed by atoms with Crippen LogP contribution in [-0.4, -0.2) is 41.9 Å². The van der Waals surface area contributed by atoms with Gasteiger partial charge in [-0.2, -0.15) is 0 Å². The van der Waals surface area contributed by atoms with Gasteiger partial charge in [-0.3, -0.25) is 0 Å². The van der Waals surface area contributed by atoms with E-state index < -0.39 is 5.40 Å². The van der Waals surface area contributed by atoms with Crippen LogP contribution in [0.1, 0.15) is 0 Å². The Labute approximate surface area is 48.5 Å². The van der Waals surface area contributed by atoms with Crippen molar-refractivity contribution in [3.05, 3.63) is 0 Å². The number of hydrogen-bond acceptors (Lipinski definition) is 1. The summed E-state index contributed by atoms with van der Waals surface area (Å²) < 4.78 is 0. The van der Waals surface area contributed by atoms with Crippen LogP contribution in [0.25, 0.3) is 0 Å². The van der Waals surface area contributed by atoms with Crippen LogP contribution in [0.5, 0.6) is 0 Å². The molecule has 0 aromatic heterocycles. The van der Waals surface area contributed by atoms with Crippen molar-refractivity contribution in [1.82, 2.24) is 0 Å². The normalized spacial score (nSPS) is 12.3. The van der Waals surface area contributed by atoms with E-state index in [1.165, 1.54) is 0 Å². The largest absolute Gasteiger partial charge is 0.409 e. The van der Waals surface area contributed by atoms with E-state index in [-0.39, 0.29) is 0 Å². The van der Waals surface area contributed by atoms with Gasteiger partial charge in [-0.15, -0.1) is 0 Å². The summed E-state index contributed by atoms with van der Waals surface area (Å²) in [7, 11) is 7.63. The van der Waals surface area contributed by atoms with Crippen molar-refractivity contribution in [1.29, 1.82) is 0 Å². The Morgan fingerprint density at radius 2 is 1.43 bits per heavy atom. The van der Waals surface area contributed by atoms with Crippen LogP contribution in [-0.2, 0) is 0 Å². The van der Waals surface area contributed by atoms with E-state index in [0.29, 0.717) is 5.72 Å². The lowest BCUT2D eigenvalue weighted by molar-refractivity contribution is 0.226. The first-order chi connectivity index (χ1) is 2.94. The molecule has 1 N–H and O–H groups in total. The number of aliphatic hydroxyl groups is 1. The van der Waals surface area contributed by atoms with Gasteiger partial charge in [-0.1, -0.05) is 5.72 Å². The molecule has 0 aromatic rings. The Hall–Kier alpha value is 0.220. The van der Waals surface area contributed by atoms with E-state index in [2.05, 4.69) is 0 Å². The molecular weight excluding hydrogens is 83.3 g/mol. The molecule has 36 valence electrons. The minimum absolute atomic E-state index is 0.354. The third-order valence-electron chi connectivity index (χ3n) is 1.41. The molecule has 0 bridgehead atoms. The van der Waals surface area contributed by atoms with Gasteiger partial charge in [0, 0.05) is 0 Å². The topological polar surface area (TPSA) is 20.2 Å². The Kier molecular flexibility index (Phi) is 2.06. The van der Waals surface area contributed by atoms with E-state index in [4.69, 9.17) is 5.11 Å². The molecule has 0 atom stereocenters. The first-order valence-corrected chi connectivity index (χ1v) is 2.67. The lowest BCUT2D eigenvalue weighted by atomic mass is 9.46. The number of rotatable bonds is 1. The van der Waals surface area contributed by atoms with Crippen molar-refractivity contribution in [2.24, 2.45) is 0 Å². The highest BCUT2D eigenvalue weighted by atomic mass is 16.3. The van der Waals surface area contributed by atoms with Crippen LogP contribution in [0.3, 0.4) is 0 Å². The first-order valence-electron chi connectivity index (χ1n) is 2.67. The standard InChI is InChI=1S/C2H10B4O/c3-1(4)2(5,6)7/h1,7H,3-6H2. The van der Waals surface area contributed by atoms with E-state index in [1.807, 2.05) is 31.4 Å². The zero-order chi connectivity index (χ0) is 6.08. The Morgan fingerprint density at radius 1 is 1.29 bits per heavy atom. The lowest BCUT2D eigenvalue weighted by Gasteiger charge is -2.21. The summed E-state index contributed by atoms with van der Waals surface area (Å²) in [5, 5.41) is 8.59. The summed E-state index contributed by atoms with van der Waals surface area (Å²) in [5.74, 6) is 0. The Balaban J connectivity index is 3.54. The molecule has 5 heteroatoms. The highest BCUT2D eigenvalue weighted by Gasteiger charge is 2.16. The lowest BCUT2D eigenvalue weighted by Crippen LogP contribution is -2.35. The molecule has 0 saturated heterocycles. The third kappa shape index (κ3) is 2.86. The van der Waals surface area contributed by atoms with Crippen LogP contribution in [0.15, 0.2) is 0 Å². The van der Waals surface area contributed by atoms with Gasteiger partial charge in [0.15, 0.2) is 0 Å². The second-order valence-corrected chi connectivity index (χ2v) is 2.81. The second-order valence-electron chi connectivity index (χ2n) is 2.81. The molecule has 0 aliphatic carbocycles. The molecule has 1 nitrogen and oxygen atoms in total. The molecule has 0 spiro atoms. The van der Waals surface area contributed by atoms with Gasteiger partial charge in [0.05, 0.1) is 15.7 Å². The zero-order valence-corrected chi connectivity index (χ0v) is 5.52. The van der Waals surface area contributed by atoms with Gasteiger partial charge in [-0.25, -0.2) is 0 Å². The summed E-state index contributed by atoms with van der Waals surface area (Å²) in [6, 6.07) is 0. The van der Waals surface area contributed by atoms with Crippen molar-refractivity contribution in [2.75, 3.05) is 0 Å². The maximum Gasteiger partial charge on any atom is 0.130 e. The molecule has 0 amide bonds. The monoisotopic (exact) mass is 94.1 g/mol. The molecule has 0 aliphatic rings. The Morgan fingerprint density at radius 3 is 1.43 bits per heavy atom. The SMILES string of the molecule is BC(B)C(B)(B)O. The second kappa shape index (κ2) is 1.99. The van der Waals surface area contributed by atoms with Crippen LogP contribution >= 0.6 is 0 Å². The van der Waals surface area contributed by atoms with Gasteiger partial charge < -0.3 is 5.11 Å². The van der Waals surface area contributed by atoms with E-state index in [9.17, 15) is 0 Å². The average molecular weight is 93.3 g/mol. The fraction of sp³-hybridized carbons (Fsp3) is 1.00. The highest BCUT2D eigenvalue weighted by Crippen LogP contribution is 2.05. The minimum Gasteiger partial charge on any atom is -0.409 e.